The van der Waals surface area contributed by atoms with Gasteiger partial charge in [0.25, 0.3) is 0 Å². The molecule has 1 aliphatic rings. The minimum atomic E-state index is 0. The second-order valence-corrected chi connectivity index (χ2v) is 4.93. The van der Waals surface area contributed by atoms with Gasteiger partial charge in [0.15, 0.2) is 0 Å². The molecule has 0 N–H and O–H groups in total. The van der Waals surface area contributed by atoms with E-state index in [-0.39, 0.29) is 20.1 Å². The van der Waals surface area contributed by atoms with Crippen LogP contribution in [0.3, 0.4) is 0 Å². The van der Waals surface area contributed by atoms with Crippen molar-refractivity contribution >= 4 is 19.2 Å². The second-order valence-electron chi connectivity index (χ2n) is 4.93. The maximum Gasteiger partial charge on any atom is 0.394 e. The van der Waals surface area contributed by atoms with Crippen LogP contribution in [0, 0.1) is 0 Å². The van der Waals surface area contributed by atoms with Gasteiger partial charge in [0.05, 0.1) is 0 Å². The Labute approximate surface area is 140 Å². The van der Waals surface area contributed by atoms with Crippen molar-refractivity contribution in [3.05, 3.63) is 48.3 Å². The smallest absolute Gasteiger partial charge is 0.382 e. The standard InChI is InChI=1S/C15H18BN4.Ir/c1-2-6-13-7-5-9-15(18-13)20-12-11-19(16-20)14-8-3-4-10-17-14;/h3-5,7-10H,2,6,11-12H2,1H3;. The number of aryl methyl sites for hydroxylation is 1. The van der Waals surface area contributed by atoms with E-state index in [9.17, 15) is 0 Å². The zero-order valence-corrected chi connectivity index (χ0v) is 14.5. The van der Waals surface area contributed by atoms with E-state index in [0.717, 1.165) is 43.3 Å². The van der Waals surface area contributed by atoms with Crippen molar-refractivity contribution in [3.63, 3.8) is 0 Å². The molecular weight excluding hydrogens is 439 g/mol. The SMILES string of the molecule is CCCc1cccc(N2[B]N(c3ccccn3)CC2)n1.[Ir]. The first-order valence-electron chi connectivity index (χ1n) is 7.12. The van der Waals surface area contributed by atoms with E-state index in [0.29, 0.717) is 0 Å². The Bertz CT molecular complexity index is 567. The topological polar surface area (TPSA) is 32.3 Å². The fourth-order valence-electron chi connectivity index (χ4n) is 2.39. The van der Waals surface area contributed by atoms with Crippen LogP contribution in [0.4, 0.5) is 11.6 Å². The minimum absolute atomic E-state index is 0. The monoisotopic (exact) mass is 458 g/mol. The van der Waals surface area contributed by atoms with Crippen LogP contribution in [0.15, 0.2) is 42.6 Å². The molecule has 6 heteroatoms. The maximum atomic E-state index is 4.72. The molecule has 0 bridgehead atoms. The molecule has 0 unspecified atom stereocenters. The Balaban J connectivity index is 0.00000161. The number of hydrogen-bond acceptors (Lipinski definition) is 4. The number of aromatic nitrogens is 2. The summed E-state index contributed by atoms with van der Waals surface area (Å²) in [6, 6.07) is 12.2. The molecule has 0 amide bonds. The molecule has 0 spiro atoms. The average molecular weight is 457 g/mol. The van der Waals surface area contributed by atoms with E-state index in [1.54, 1.807) is 0 Å². The molecule has 0 saturated carbocycles. The van der Waals surface area contributed by atoms with Crippen LogP contribution in [0.1, 0.15) is 19.0 Å². The van der Waals surface area contributed by atoms with Crippen LogP contribution in [0.25, 0.3) is 0 Å². The third-order valence-corrected chi connectivity index (χ3v) is 3.40. The summed E-state index contributed by atoms with van der Waals surface area (Å²) in [6.45, 7) is 4.06. The molecule has 2 aromatic heterocycles. The van der Waals surface area contributed by atoms with Crippen LogP contribution >= 0.6 is 0 Å². The molecule has 21 heavy (non-hydrogen) atoms. The first kappa shape index (κ1) is 16.0. The van der Waals surface area contributed by atoms with E-state index >= 15 is 0 Å². The van der Waals surface area contributed by atoms with Crippen LogP contribution in [0.2, 0.25) is 0 Å². The van der Waals surface area contributed by atoms with Crippen LogP contribution in [-0.2, 0) is 26.5 Å². The van der Waals surface area contributed by atoms with Gasteiger partial charge in [-0.05, 0) is 30.7 Å². The van der Waals surface area contributed by atoms with Crippen molar-refractivity contribution in [2.75, 3.05) is 22.7 Å². The molecule has 1 saturated heterocycles. The summed E-state index contributed by atoms with van der Waals surface area (Å²) in [5.74, 6) is 2.01. The Morgan fingerprint density at radius 2 is 1.81 bits per heavy atom. The van der Waals surface area contributed by atoms with Crippen molar-refractivity contribution in [1.29, 1.82) is 0 Å². The predicted octanol–water partition coefficient (Wildman–Crippen LogP) is 2.29. The Morgan fingerprint density at radius 3 is 2.52 bits per heavy atom. The average Bonchev–Trinajstić information content (AvgIpc) is 2.99. The van der Waals surface area contributed by atoms with E-state index in [1.807, 2.05) is 24.4 Å². The van der Waals surface area contributed by atoms with Crippen LogP contribution in [0.5, 0.6) is 0 Å². The summed E-state index contributed by atoms with van der Waals surface area (Å²) < 4.78 is 0. The zero-order chi connectivity index (χ0) is 13.8. The molecule has 0 aliphatic carbocycles. The normalized spacial score (nSPS) is 13.8. The number of hydrogen-bond donors (Lipinski definition) is 0. The van der Waals surface area contributed by atoms with Crippen molar-refractivity contribution in [3.8, 4) is 0 Å². The van der Waals surface area contributed by atoms with Gasteiger partial charge < -0.3 is 9.62 Å². The minimum Gasteiger partial charge on any atom is -0.382 e. The first-order chi connectivity index (χ1) is 9.86. The van der Waals surface area contributed by atoms with Gasteiger partial charge in [0.2, 0.25) is 0 Å². The van der Waals surface area contributed by atoms with Gasteiger partial charge in [-0.25, -0.2) is 9.97 Å². The maximum absolute atomic E-state index is 4.72. The molecule has 110 valence electrons. The molecule has 3 heterocycles. The van der Waals surface area contributed by atoms with Gasteiger partial charge >= 0.3 is 7.55 Å². The van der Waals surface area contributed by atoms with Crippen molar-refractivity contribution in [1.82, 2.24) is 9.97 Å². The number of pyridine rings is 2. The van der Waals surface area contributed by atoms with Gasteiger partial charge in [-0.2, -0.15) is 0 Å². The van der Waals surface area contributed by atoms with E-state index in [1.165, 1.54) is 0 Å². The number of rotatable bonds is 4. The van der Waals surface area contributed by atoms with E-state index in [4.69, 9.17) is 4.98 Å². The third-order valence-electron chi connectivity index (χ3n) is 3.40. The van der Waals surface area contributed by atoms with Gasteiger partial charge in [-0.1, -0.05) is 25.5 Å². The van der Waals surface area contributed by atoms with Gasteiger partial charge in [0.1, 0.15) is 11.6 Å². The van der Waals surface area contributed by atoms with Gasteiger partial charge in [0, 0.05) is 45.1 Å². The fourth-order valence-corrected chi connectivity index (χ4v) is 2.39. The Morgan fingerprint density at radius 1 is 1.05 bits per heavy atom. The van der Waals surface area contributed by atoms with Gasteiger partial charge in [-0.3, -0.25) is 0 Å². The summed E-state index contributed by atoms with van der Waals surface area (Å²) in [5.41, 5.74) is 1.16. The van der Waals surface area contributed by atoms with Crippen molar-refractivity contribution < 1.29 is 20.1 Å². The van der Waals surface area contributed by atoms with Crippen molar-refractivity contribution in [2.24, 2.45) is 0 Å². The number of anilines is 2. The van der Waals surface area contributed by atoms with E-state index < -0.39 is 0 Å². The summed E-state index contributed by atoms with van der Waals surface area (Å²) >= 11 is 0. The Kier molecular flexibility index (Phi) is 5.77. The molecule has 1 aliphatic heterocycles. The largest absolute Gasteiger partial charge is 0.394 e. The second kappa shape index (κ2) is 7.57. The zero-order valence-electron chi connectivity index (χ0n) is 12.1. The molecule has 2 aromatic rings. The first-order valence-corrected chi connectivity index (χ1v) is 7.12. The van der Waals surface area contributed by atoms with Crippen molar-refractivity contribution in [2.45, 2.75) is 19.8 Å². The molecule has 1 fully saturated rings. The molecule has 0 aromatic carbocycles. The molecule has 2 radical (unpaired) electrons. The van der Waals surface area contributed by atoms with Crippen LogP contribution in [-0.4, -0.2) is 30.6 Å². The molecule has 0 atom stereocenters. The van der Waals surface area contributed by atoms with E-state index in [2.05, 4.69) is 47.3 Å². The third kappa shape index (κ3) is 3.83. The summed E-state index contributed by atoms with van der Waals surface area (Å²) in [6.07, 6.45) is 3.98. The molecule has 3 rings (SSSR count). The number of nitrogens with zero attached hydrogens (tertiary/aromatic N) is 4. The summed E-state index contributed by atoms with van der Waals surface area (Å²) in [4.78, 5) is 13.5. The van der Waals surface area contributed by atoms with Crippen LogP contribution < -0.4 is 9.62 Å². The summed E-state index contributed by atoms with van der Waals surface area (Å²) in [7, 11) is 2.10. The van der Waals surface area contributed by atoms with Gasteiger partial charge in [-0.15, -0.1) is 0 Å². The Hall–Kier alpha value is -1.39. The predicted molar refractivity (Wildman–Crippen MR) is 82.9 cm³/mol. The molecular formula is C15H18BIrN4. The summed E-state index contributed by atoms with van der Waals surface area (Å²) in [5, 5.41) is 0. The molecule has 4 nitrogen and oxygen atoms in total. The fraction of sp³-hybridized carbons (Fsp3) is 0.333. The quantitative estimate of drug-likeness (QED) is 0.660.